The first-order valence-electron chi connectivity index (χ1n) is 4.43. The van der Waals surface area contributed by atoms with Gasteiger partial charge in [-0.25, -0.2) is 8.78 Å². The van der Waals surface area contributed by atoms with Crippen LogP contribution in [-0.4, -0.2) is 0 Å². The molecule has 1 saturated carbocycles. The molecule has 1 nitrogen and oxygen atoms in total. The quantitative estimate of drug-likeness (QED) is 0.672. The molecule has 0 radical (unpaired) electrons. The second kappa shape index (κ2) is 2.78. The molecule has 0 heterocycles. The predicted octanol–water partition coefficient (Wildman–Crippen LogP) is 2.77. The molecule has 72 valence electrons. The van der Waals surface area contributed by atoms with E-state index in [2.05, 4.69) is 6.07 Å². The van der Waals surface area contributed by atoms with Crippen LogP contribution in [0.5, 0.6) is 0 Å². The molecular weight excluding hydrogens is 184 g/mol. The normalized spacial score (nSPS) is 29.7. The van der Waals surface area contributed by atoms with E-state index in [4.69, 9.17) is 5.26 Å². The van der Waals surface area contributed by atoms with Crippen LogP contribution in [0.25, 0.3) is 0 Å². The van der Waals surface area contributed by atoms with Gasteiger partial charge < -0.3 is 0 Å². The van der Waals surface area contributed by atoms with E-state index in [1.54, 1.807) is 6.92 Å². The standard InChI is InChI=1S/C11H9F2N/c1-11(5-7(11)6-14)9-4-8(12)2-3-10(9)13/h2-4,7H,5H2,1H3. The topological polar surface area (TPSA) is 23.8 Å². The van der Waals surface area contributed by atoms with E-state index < -0.39 is 17.0 Å². The average molecular weight is 193 g/mol. The fourth-order valence-electron chi connectivity index (χ4n) is 1.79. The summed E-state index contributed by atoms with van der Waals surface area (Å²) in [5.41, 5.74) is -0.162. The number of rotatable bonds is 1. The van der Waals surface area contributed by atoms with Gasteiger partial charge in [-0.3, -0.25) is 0 Å². The van der Waals surface area contributed by atoms with Gasteiger partial charge in [-0.2, -0.15) is 5.26 Å². The third-order valence-electron chi connectivity index (χ3n) is 2.94. The van der Waals surface area contributed by atoms with E-state index in [9.17, 15) is 8.78 Å². The monoisotopic (exact) mass is 193 g/mol. The molecule has 1 fully saturated rings. The minimum atomic E-state index is -0.485. The molecule has 1 aliphatic rings. The van der Waals surface area contributed by atoms with Gasteiger partial charge in [0.05, 0.1) is 12.0 Å². The molecule has 2 unspecified atom stereocenters. The Hall–Kier alpha value is -1.43. The van der Waals surface area contributed by atoms with Crippen LogP contribution in [0.1, 0.15) is 18.9 Å². The lowest BCUT2D eigenvalue weighted by Gasteiger charge is -2.10. The molecule has 14 heavy (non-hydrogen) atoms. The number of hydrogen-bond acceptors (Lipinski definition) is 1. The van der Waals surface area contributed by atoms with Gasteiger partial charge in [0.2, 0.25) is 0 Å². The van der Waals surface area contributed by atoms with Crippen LogP contribution in [0.4, 0.5) is 8.78 Å². The van der Waals surface area contributed by atoms with Gasteiger partial charge in [0, 0.05) is 5.41 Å². The molecule has 0 bridgehead atoms. The molecule has 2 rings (SSSR count). The summed E-state index contributed by atoms with van der Waals surface area (Å²) in [5.74, 6) is -1.06. The lowest BCUT2D eigenvalue weighted by atomic mass is 9.95. The summed E-state index contributed by atoms with van der Waals surface area (Å²) in [6.07, 6.45) is 0.615. The van der Waals surface area contributed by atoms with E-state index in [1.165, 1.54) is 6.07 Å². The van der Waals surface area contributed by atoms with Crippen molar-refractivity contribution in [2.24, 2.45) is 5.92 Å². The third kappa shape index (κ3) is 1.19. The third-order valence-corrected chi connectivity index (χ3v) is 2.94. The fraction of sp³-hybridized carbons (Fsp3) is 0.364. The summed E-state index contributed by atoms with van der Waals surface area (Å²) in [4.78, 5) is 0. The Bertz CT molecular complexity index is 422. The molecule has 0 saturated heterocycles. The van der Waals surface area contributed by atoms with Crippen LogP contribution in [0.2, 0.25) is 0 Å². The highest BCUT2D eigenvalue weighted by Gasteiger charge is 2.53. The van der Waals surface area contributed by atoms with Crippen molar-refractivity contribution in [1.82, 2.24) is 0 Å². The summed E-state index contributed by atoms with van der Waals surface area (Å²) >= 11 is 0. The minimum absolute atomic E-state index is 0.182. The zero-order valence-electron chi connectivity index (χ0n) is 7.72. The van der Waals surface area contributed by atoms with Crippen molar-refractivity contribution in [3.63, 3.8) is 0 Å². The lowest BCUT2D eigenvalue weighted by molar-refractivity contribution is 0.559. The van der Waals surface area contributed by atoms with E-state index in [0.717, 1.165) is 12.1 Å². The number of nitriles is 1. The van der Waals surface area contributed by atoms with Crippen molar-refractivity contribution >= 4 is 0 Å². The van der Waals surface area contributed by atoms with E-state index in [-0.39, 0.29) is 5.92 Å². The van der Waals surface area contributed by atoms with Gasteiger partial charge in [0.25, 0.3) is 0 Å². The molecule has 0 spiro atoms. The SMILES string of the molecule is CC1(c2cc(F)ccc2F)CC1C#N. The van der Waals surface area contributed by atoms with Gasteiger partial charge in [0.15, 0.2) is 0 Å². The molecule has 0 aliphatic heterocycles. The molecular formula is C11H9F2N. The molecule has 1 aliphatic carbocycles. The van der Waals surface area contributed by atoms with E-state index >= 15 is 0 Å². The lowest BCUT2D eigenvalue weighted by Crippen LogP contribution is -2.07. The number of benzene rings is 1. The average Bonchev–Trinajstić information content (AvgIpc) is 2.83. The second-order valence-electron chi connectivity index (χ2n) is 3.93. The van der Waals surface area contributed by atoms with Crippen molar-refractivity contribution < 1.29 is 8.78 Å². The zero-order chi connectivity index (χ0) is 10.3. The smallest absolute Gasteiger partial charge is 0.127 e. The Labute approximate surface area is 81.0 Å². The molecule has 0 aromatic heterocycles. The molecule has 1 aromatic rings. The Morgan fingerprint density at radius 3 is 2.79 bits per heavy atom. The summed E-state index contributed by atoms with van der Waals surface area (Å²) in [6.45, 7) is 1.79. The van der Waals surface area contributed by atoms with Crippen LogP contribution >= 0.6 is 0 Å². The van der Waals surface area contributed by atoms with Gasteiger partial charge in [0.1, 0.15) is 11.6 Å². The molecule has 0 amide bonds. The summed E-state index contributed by atoms with van der Waals surface area (Å²) in [6, 6.07) is 5.48. The fourth-order valence-corrected chi connectivity index (χ4v) is 1.79. The van der Waals surface area contributed by atoms with Crippen LogP contribution in [0, 0.1) is 28.9 Å². The zero-order valence-corrected chi connectivity index (χ0v) is 7.72. The van der Waals surface area contributed by atoms with Crippen molar-refractivity contribution in [3.05, 3.63) is 35.4 Å². The predicted molar refractivity (Wildman–Crippen MR) is 47.4 cm³/mol. The Kier molecular flexibility index (Phi) is 1.81. The highest BCUT2D eigenvalue weighted by atomic mass is 19.1. The van der Waals surface area contributed by atoms with Crippen molar-refractivity contribution in [3.8, 4) is 6.07 Å². The minimum Gasteiger partial charge on any atom is -0.207 e. The Balaban J connectivity index is 2.44. The van der Waals surface area contributed by atoms with Crippen molar-refractivity contribution in [2.75, 3.05) is 0 Å². The van der Waals surface area contributed by atoms with E-state index in [0.29, 0.717) is 12.0 Å². The van der Waals surface area contributed by atoms with Crippen LogP contribution < -0.4 is 0 Å². The Morgan fingerprint density at radius 1 is 1.50 bits per heavy atom. The summed E-state index contributed by atoms with van der Waals surface area (Å²) < 4.78 is 26.2. The molecule has 3 heteroatoms. The first-order valence-corrected chi connectivity index (χ1v) is 4.43. The van der Waals surface area contributed by atoms with E-state index in [1.807, 2.05) is 0 Å². The summed E-state index contributed by atoms with van der Waals surface area (Å²) in [7, 11) is 0. The van der Waals surface area contributed by atoms with Gasteiger partial charge >= 0.3 is 0 Å². The number of halogens is 2. The molecule has 0 N–H and O–H groups in total. The van der Waals surface area contributed by atoms with Gasteiger partial charge in [-0.05, 0) is 30.2 Å². The Morgan fingerprint density at radius 2 is 2.21 bits per heavy atom. The van der Waals surface area contributed by atoms with Gasteiger partial charge in [-0.1, -0.05) is 6.92 Å². The summed E-state index contributed by atoms with van der Waals surface area (Å²) in [5, 5.41) is 8.70. The van der Waals surface area contributed by atoms with Crippen LogP contribution in [0.3, 0.4) is 0 Å². The maximum absolute atomic E-state index is 13.3. The number of nitrogens with zero attached hydrogens (tertiary/aromatic N) is 1. The first kappa shape index (κ1) is 9.14. The number of hydrogen-bond donors (Lipinski definition) is 0. The molecule has 2 atom stereocenters. The maximum Gasteiger partial charge on any atom is 0.127 e. The molecule has 1 aromatic carbocycles. The van der Waals surface area contributed by atoms with Crippen molar-refractivity contribution in [2.45, 2.75) is 18.8 Å². The maximum atomic E-state index is 13.3. The van der Waals surface area contributed by atoms with Crippen molar-refractivity contribution in [1.29, 1.82) is 5.26 Å². The van der Waals surface area contributed by atoms with Crippen LogP contribution in [0.15, 0.2) is 18.2 Å². The van der Waals surface area contributed by atoms with Gasteiger partial charge in [-0.15, -0.1) is 0 Å². The highest BCUT2D eigenvalue weighted by molar-refractivity contribution is 5.37. The largest absolute Gasteiger partial charge is 0.207 e. The first-order chi connectivity index (χ1) is 6.58. The second-order valence-corrected chi connectivity index (χ2v) is 3.93. The highest BCUT2D eigenvalue weighted by Crippen LogP contribution is 2.54. The van der Waals surface area contributed by atoms with Crippen LogP contribution in [-0.2, 0) is 5.41 Å².